The molecule has 1 aromatic rings. The highest BCUT2D eigenvalue weighted by atomic mass is 35.5. The molecule has 2 rings (SSSR count). The van der Waals surface area contributed by atoms with Gasteiger partial charge >= 0.3 is 5.69 Å². The minimum absolute atomic E-state index is 0.0858. The summed E-state index contributed by atoms with van der Waals surface area (Å²) in [6.45, 7) is 2.54. The fourth-order valence-corrected chi connectivity index (χ4v) is 2.07. The van der Waals surface area contributed by atoms with Crippen LogP contribution in [0.4, 0.5) is 5.69 Å². The van der Waals surface area contributed by atoms with Crippen molar-refractivity contribution in [3.8, 4) is 5.75 Å². The molecule has 1 aromatic carbocycles. The summed E-state index contributed by atoms with van der Waals surface area (Å²) in [5.41, 5.74) is -0.0893. The molecule has 1 heterocycles. The summed E-state index contributed by atoms with van der Waals surface area (Å²) in [7, 11) is 2.00. The second-order valence-electron chi connectivity index (χ2n) is 4.44. The normalized spacial score (nSPS) is 20.2. The Kier molecular flexibility index (Phi) is 4.57. The molecule has 1 aliphatic heterocycles. The molecule has 0 amide bonds. The van der Waals surface area contributed by atoms with Crippen LogP contribution >= 0.6 is 11.6 Å². The van der Waals surface area contributed by atoms with Gasteiger partial charge in [0.25, 0.3) is 0 Å². The van der Waals surface area contributed by atoms with Gasteiger partial charge in [0, 0.05) is 30.2 Å². The highest BCUT2D eigenvalue weighted by molar-refractivity contribution is 6.30. The molecule has 0 aromatic heterocycles. The van der Waals surface area contributed by atoms with Crippen LogP contribution in [0.3, 0.4) is 0 Å². The lowest BCUT2D eigenvalue weighted by Crippen LogP contribution is -2.42. The molecule has 0 aliphatic carbocycles. The van der Waals surface area contributed by atoms with Gasteiger partial charge in [0.2, 0.25) is 0 Å². The first-order valence-corrected chi connectivity index (χ1v) is 6.31. The fraction of sp³-hybridized carbons (Fsp3) is 0.500. The summed E-state index contributed by atoms with van der Waals surface area (Å²) in [6.07, 6.45) is -0.0858. The molecule has 19 heavy (non-hydrogen) atoms. The molecule has 104 valence electrons. The SMILES string of the molecule is CN1CCOC(COc2cc(Cl)ccc2[N+](=O)[O-])C1. The third-order valence-electron chi connectivity index (χ3n) is 2.89. The van der Waals surface area contributed by atoms with E-state index in [4.69, 9.17) is 21.1 Å². The number of hydrogen-bond donors (Lipinski definition) is 0. The third-order valence-corrected chi connectivity index (χ3v) is 3.12. The maximum absolute atomic E-state index is 10.9. The molecule has 6 nitrogen and oxygen atoms in total. The Morgan fingerprint density at radius 3 is 3.11 bits per heavy atom. The Labute approximate surface area is 116 Å². The minimum Gasteiger partial charge on any atom is -0.484 e. The van der Waals surface area contributed by atoms with E-state index in [0.717, 1.165) is 13.1 Å². The Morgan fingerprint density at radius 1 is 1.63 bits per heavy atom. The Balaban J connectivity index is 2.02. The first-order chi connectivity index (χ1) is 9.06. The van der Waals surface area contributed by atoms with Crippen LogP contribution in [0.1, 0.15) is 0 Å². The zero-order chi connectivity index (χ0) is 13.8. The van der Waals surface area contributed by atoms with Gasteiger partial charge in [-0.15, -0.1) is 0 Å². The summed E-state index contributed by atoms with van der Waals surface area (Å²) in [6, 6.07) is 4.26. The number of halogens is 1. The zero-order valence-corrected chi connectivity index (χ0v) is 11.3. The van der Waals surface area contributed by atoms with E-state index in [2.05, 4.69) is 4.90 Å². The van der Waals surface area contributed by atoms with Gasteiger partial charge < -0.3 is 14.4 Å². The van der Waals surface area contributed by atoms with Crippen LogP contribution < -0.4 is 4.74 Å². The van der Waals surface area contributed by atoms with Crippen LogP contribution in [0.15, 0.2) is 18.2 Å². The number of morpholine rings is 1. The van der Waals surface area contributed by atoms with Crippen molar-refractivity contribution in [3.63, 3.8) is 0 Å². The molecule has 1 atom stereocenters. The lowest BCUT2D eigenvalue weighted by Gasteiger charge is -2.29. The minimum atomic E-state index is -0.487. The molecular formula is C12H15ClN2O4. The number of likely N-dealkylation sites (N-methyl/N-ethyl adjacent to an activating group) is 1. The monoisotopic (exact) mass is 286 g/mol. The van der Waals surface area contributed by atoms with E-state index in [1.807, 2.05) is 7.05 Å². The topological polar surface area (TPSA) is 64.8 Å². The summed E-state index contributed by atoms with van der Waals surface area (Å²) >= 11 is 5.82. The zero-order valence-electron chi connectivity index (χ0n) is 10.5. The van der Waals surface area contributed by atoms with Gasteiger partial charge in [0.05, 0.1) is 11.5 Å². The van der Waals surface area contributed by atoms with Crippen molar-refractivity contribution in [2.24, 2.45) is 0 Å². The van der Waals surface area contributed by atoms with E-state index in [9.17, 15) is 10.1 Å². The maximum atomic E-state index is 10.9. The highest BCUT2D eigenvalue weighted by Crippen LogP contribution is 2.30. The standard InChI is InChI=1S/C12H15ClN2O4/c1-14-4-5-18-10(7-14)8-19-12-6-9(13)2-3-11(12)15(16)17/h2-3,6,10H,4-5,7-8H2,1H3. The molecule has 0 N–H and O–H groups in total. The largest absolute Gasteiger partial charge is 0.484 e. The van der Waals surface area contributed by atoms with Crippen LogP contribution in [0.2, 0.25) is 5.02 Å². The van der Waals surface area contributed by atoms with Crippen LogP contribution in [0, 0.1) is 10.1 Å². The van der Waals surface area contributed by atoms with E-state index in [1.165, 1.54) is 18.2 Å². The number of ether oxygens (including phenoxy) is 2. The highest BCUT2D eigenvalue weighted by Gasteiger charge is 2.21. The molecule has 1 fully saturated rings. The van der Waals surface area contributed by atoms with Gasteiger partial charge in [-0.05, 0) is 13.1 Å². The van der Waals surface area contributed by atoms with Gasteiger partial charge in [-0.25, -0.2) is 0 Å². The summed E-state index contributed by atoms with van der Waals surface area (Å²) in [5.74, 6) is 0.175. The Morgan fingerprint density at radius 2 is 2.42 bits per heavy atom. The number of nitro benzene ring substituents is 1. The smallest absolute Gasteiger partial charge is 0.311 e. The quantitative estimate of drug-likeness (QED) is 0.625. The molecule has 0 bridgehead atoms. The molecule has 0 saturated carbocycles. The summed E-state index contributed by atoms with van der Waals surface area (Å²) in [5, 5.41) is 11.3. The van der Waals surface area contributed by atoms with E-state index in [1.54, 1.807) is 0 Å². The van der Waals surface area contributed by atoms with E-state index in [0.29, 0.717) is 11.6 Å². The Bertz CT molecular complexity index is 469. The molecule has 1 saturated heterocycles. The summed E-state index contributed by atoms with van der Waals surface area (Å²) in [4.78, 5) is 12.5. The molecule has 1 unspecified atom stereocenters. The van der Waals surface area contributed by atoms with Crippen molar-refractivity contribution < 1.29 is 14.4 Å². The first kappa shape index (κ1) is 14.0. The van der Waals surface area contributed by atoms with E-state index < -0.39 is 4.92 Å². The molecule has 0 spiro atoms. The van der Waals surface area contributed by atoms with Crippen molar-refractivity contribution in [1.29, 1.82) is 0 Å². The second kappa shape index (κ2) is 6.18. The van der Waals surface area contributed by atoms with E-state index in [-0.39, 0.29) is 24.1 Å². The van der Waals surface area contributed by atoms with E-state index >= 15 is 0 Å². The van der Waals surface area contributed by atoms with Gasteiger partial charge in [-0.2, -0.15) is 0 Å². The van der Waals surface area contributed by atoms with Crippen LogP contribution in [-0.2, 0) is 4.74 Å². The van der Waals surface area contributed by atoms with Crippen molar-refractivity contribution >= 4 is 17.3 Å². The Hall–Kier alpha value is -1.37. The van der Waals surface area contributed by atoms with Crippen molar-refractivity contribution in [2.45, 2.75) is 6.10 Å². The number of nitrogens with zero attached hydrogens (tertiary/aromatic N) is 2. The first-order valence-electron chi connectivity index (χ1n) is 5.93. The summed E-state index contributed by atoms with van der Waals surface area (Å²) < 4.78 is 11.0. The number of rotatable bonds is 4. The average Bonchev–Trinajstić information content (AvgIpc) is 2.36. The fourth-order valence-electron chi connectivity index (χ4n) is 1.90. The lowest BCUT2D eigenvalue weighted by atomic mass is 10.3. The average molecular weight is 287 g/mol. The van der Waals surface area contributed by atoms with Crippen molar-refractivity contribution in [1.82, 2.24) is 4.90 Å². The number of hydrogen-bond acceptors (Lipinski definition) is 5. The second-order valence-corrected chi connectivity index (χ2v) is 4.87. The number of nitro groups is 1. The number of benzene rings is 1. The van der Waals surface area contributed by atoms with Crippen molar-refractivity contribution in [3.05, 3.63) is 33.3 Å². The van der Waals surface area contributed by atoms with Gasteiger partial charge in [-0.1, -0.05) is 11.6 Å². The predicted octanol–water partition coefficient (Wildman–Crippen LogP) is 1.96. The molecular weight excluding hydrogens is 272 g/mol. The van der Waals surface area contributed by atoms with Crippen LogP contribution in [-0.4, -0.2) is 49.3 Å². The molecule has 0 radical (unpaired) electrons. The van der Waals surface area contributed by atoms with Crippen LogP contribution in [0.5, 0.6) is 5.75 Å². The maximum Gasteiger partial charge on any atom is 0.311 e. The molecule has 1 aliphatic rings. The van der Waals surface area contributed by atoms with Gasteiger partial charge in [0.15, 0.2) is 5.75 Å². The van der Waals surface area contributed by atoms with Crippen molar-refractivity contribution in [2.75, 3.05) is 33.4 Å². The third kappa shape index (κ3) is 3.79. The molecule has 7 heteroatoms. The van der Waals surface area contributed by atoms with Gasteiger partial charge in [-0.3, -0.25) is 10.1 Å². The van der Waals surface area contributed by atoms with Gasteiger partial charge in [0.1, 0.15) is 12.7 Å². The van der Waals surface area contributed by atoms with Crippen LogP contribution in [0.25, 0.3) is 0 Å². The lowest BCUT2D eigenvalue weighted by molar-refractivity contribution is -0.385. The predicted molar refractivity (Wildman–Crippen MR) is 70.8 cm³/mol.